The summed E-state index contributed by atoms with van der Waals surface area (Å²) in [7, 11) is 3.81. The van der Waals surface area contributed by atoms with Crippen LogP contribution in [-0.4, -0.2) is 29.0 Å². The minimum absolute atomic E-state index is 0.288. The Kier molecular flexibility index (Phi) is 3.21. The van der Waals surface area contributed by atoms with Crippen molar-refractivity contribution in [1.82, 2.24) is 14.9 Å². The molecule has 0 amide bonds. The lowest BCUT2D eigenvalue weighted by Gasteiger charge is -2.30. The quantitative estimate of drug-likeness (QED) is 0.765. The third kappa shape index (κ3) is 2.09. The molecule has 0 aliphatic heterocycles. The summed E-state index contributed by atoms with van der Waals surface area (Å²) in [6.07, 6.45) is 1.43. The fourth-order valence-corrected chi connectivity index (χ4v) is 1.03. The minimum atomic E-state index is -0.523. The van der Waals surface area contributed by atoms with E-state index in [0.29, 0.717) is 5.82 Å². The molecule has 0 saturated carbocycles. The van der Waals surface area contributed by atoms with Gasteiger partial charge in [-0.25, -0.2) is 9.97 Å². The van der Waals surface area contributed by atoms with Crippen LogP contribution >= 0.6 is 15.9 Å². The topological polar surface area (TPSA) is 29.0 Å². The summed E-state index contributed by atoms with van der Waals surface area (Å²) in [5, 5.41) is 0. The third-order valence-electron chi connectivity index (χ3n) is 2.37. The zero-order valence-electron chi connectivity index (χ0n) is 8.67. The van der Waals surface area contributed by atoms with Gasteiger partial charge < -0.3 is 0 Å². The van der Waals surface area contributed by atoms with Crippen molar-refractivity contribution in [2.75, 3.05) is 14.1 Å². The Labute approximate surface area is 91.5 Å². The summed E-state index contributed by atoms with van der Waals surface area (Å²) < 4.78 is 13.4. The SMILES string of the molecule is CN(C)C(C)(C)c1ncc(Br)c(F)n1. The molecule has 1 heterocycles. The van der Waals surface area contributed by atoms with E-state index < -0.39 is 5.95 Å². The smallest absolute Gasteiger partial charge is 0.230 e. The van der Waals surface area contributed by atoms with E-state index >= 15 is 0 Å². The number of aromatic nitrogens is 2. The van der Waals surface area contributed by atoms with Crippen LogP contribution in [0, 0.1) is 5.95 Å². The first-order chi connectivity index (χ1) is 6.35. The van der Waals surface area contributed by atoms with E-state index in [1.54, 1.807) is 0 Å². The molecule has 0 unspecified atom stereocenters. The summed E-state index contributed by atoms with van der Waals surface area (Å²) in [4.78, 5) is 9.83. The van der Waals surface area contributed by atoms with Crippen LogP contribution in [0.2, 0.25) is 0 Å². The Balaban J connectivity index is 3.14. The van der Waals surface area contributed by atoms with Crippen LogP contribution in [0.15, 0.2) is 10.7 Å². The summed E-state index contributed by atoms with van der Waals surface area (Å²) in [6.45, 7) is 3.88. The van der Waals surface area contributed by atoms with Gasteiger partial charge in [0, 0.05) is 6.20 Å². The molecular weight excluding hydrogens is 249 g/mol. The largest absolute Gasteiger partial charge is 0.298 e. The molecule has 1 rings (SSSR count). The molecule has 0 aliphatic carbocycles. The number of rotatable bonds is 2. The number of hydrogen-bond acceptors (Lipinski definition) is 3. The molecule has 1 aromatic rings. The normalized spacial score (nSPS) is 12.2. The van der Waals surface area contributed by atoms with E-state index in [4.69, 9.17) is 0 Å². The van der Waals surface area contributed by atoms with Crippen LogP contribution in [0.25, 0.3) is 0 Å². The van der Waals surface area contributed by atoms with Gasteiger partial charge in [0.05, 0.1) is 10.0 Å². The molecule has 5 heteroatoms. The highest BCUT2D eigenvalue weighted by atomic mass is 79.9. The van der Waals surface area contributed by atoms with Crippen LogP contribution < -0.4 is 0 Å². The molecule has 0 spiro atoms. The molecule has 3 nitrogen and oxygen atoms in total. The van der Waals surface area contributed by atoms with Gasteiger partial charge >= 0.3 is 0 Å². The van der Waals surface area contributed by atoms with Gasteiger partial charge in [-0.15, -0.1) is 0 Å². The molecule has 0 fully saturated rings. The van der Waals surface area contributed by atoms with Crippen LogP contribution in [0.5, 0.6) is 0 Å². The van der Waals surface area contributed by atoms with Crippen LogP contribution in [0.4, 0.5) is 4.39 Å². The maximum Gasteiger partial charge on any atom is 0.230 e. The van der Waals surface area contributed by atoms with Gasteiger partial charge in [-0.3, -0.25) is 4.90 Å². The lowest BCUT2D eigenvalue weighted by molar-refractivity contribution is 0.183. The Morgan fingerprint density at radius 3 is 2.43 bits per heavy atom. The Morgan fingerprint density at radius 1 is 1.43 bits per heavy atom. The van der Waals surface area contributed by atoms with Crippen molar-refractivity contribution in [2.45, 2.75) is 19.4 Å². The first-order valence-corrected chi connectivity index (χ1v) is 5.01. The summed E-state index contributed by atoms with van der Waals surface area (Å²) >= 11 is 3.02. The molecule has 0 bridgehead atoms. The molecule has 0 saturated heterocycles. The Bertz CT molecular complexity index is 339. The average Bonchev–Trinajstić information content (AvgIpc) is 2.09. The Morgan fingerprint density at radius 2 is 2.00 bits per heavy atom. The van der Waals surface area contributed by atoms with E-state index in [1.165, 1.54) is 6.20 Å². The van der Waals surface area contributed by atoms with Crippen molar-refractivity contribution in [3.05, 3.63) is 22.4 Å². The molecule has 0 radical (unpaired) electrons. The number of hydrogen-bond donors (Lipinski definition) is 0. The highest BCUT2D eigenvalue weighted by molar-refractivity contribution is 9.10. The van der Waals surface area contributed by atoms with E-state index in [0.717, 1.165) is 0 Å². The summed E-state index contributed by atoms with van der Waals surface area (Å²) in [5.41, 5.74) is -0.373. The van der Waals surface area contributed by atoms with E-state index in [-0.39, 0.29) is 10.0 Å². The van der Waals surface area contributed by atoms with Gasteiger partial charge in [0.15, 0.2) is 5.82 Å². The molecular formula is C9H13BrFN3. The number of nitrogens with zero attached hydrogens (tertiary/aromatic N) is 3. The zero-order chi connectivity index (χ0) is 10.9. The van der Waals surface area contributed by atoms with Gasteiger partial charge in [-0.1, -0.05) is 0 Å². The highest BCUT2D eigenvalue weighted by Gasteiger charge is 2.27. The lowest BCUT2D eigenvalue weighted by atomic mass is 10.0. The first kappa shape index (κ1) is 11.5. The van der Waals surface area contributed by atoms with Crippen LogP contribution in [0.1, 0.15) is 19.7 Å². The van der Waals surface area contributed by atoms with Crippen LogP contribution in [0.3, 0.4) is 0 Å². The number of halogens is 2. The van der Waals surface area contributed by atoms with Crippen LogP contribution in [-0.2, 0) is 5.54 Å². The average molecular weight is 262 g/mol. The first-order valence-electron chi connectivity index (χ1n) is 4.21. The molecule has 14 heavy (non-hydrogen) atoms. The molecule has 0 atom stereocenters. The van der Waals surface area contributed by atoms with Gasteiger partial charge in [-0.2, -0.15) is 4.39 Å². The fourth-order valence-electron chi connectivity index (χ4n) is 0.841. The van der Waals surface area contributed by atoms with E-state index in [1.807, 2.05) is 32.8 Å². The van der Waals surface area contributed by atoms with Gasteiger partial charge in [0.1, 0.15) is 0 Å². The second-order valence-electron chi connectivity index (χ2n) is 3.79. The van der Waals surface area contributed by atoms with Crippen molar-refractivity contribution in [3.8, 4) is 0 Å². The highest BCUT2D eigenvalue weighted by Crippen LogP contribution is 2.23. The van der Waals surface area contributed by atoms with Gasteiger partial charge in [0.25, 0.3) is 0 Å². The monoisotopic (exact) mass is 261 g/mol. The van der Waals surface area contributed by atoms with Crippen molar-refractivity contribution in [3.63, 3.8) is 0 Å². The van der Waals surface area contributed by atoms with E-state index in [9.17, 15) is 4.39 Å². The molecule has 0 N–H and O–H groups in total. The fraction of sp³-hybridized carbons (Fsp3) is 0.556. The third-order valence-corrected chi connectivity index (χ3v) is 2.90. The zero-order valence-corrected chi connectivity index (χ0v) is 10.3. The molecule has 1 aromatic heterocycles. The standard InChI is InChI=1S/C9H13BrFN3/c1-9(2,14(3)4)8-12-5-6(10)7(11)13-8/h5H,1-4H3. The second kappa shape index (κ2) is 3.90. The summed E-state index contributed by atoms with van der Waals surface area (Å²) in [6, 6.07) is 0. The second-order valence-corrected chi connectivity index (χ2v) is 4.64. The summed E-state index contributed by atoms with van der Waals surface area (Å²) in [5.74, 6) is -0.0480. The lowest BCUT2D eigenvalue weighted by Crippen LogP contribution is -2.37. The van der Waals surface area contributed by atoms with Crippen molar-refractivity contribution in [2.24, 2.45) is 0 Å². The van der Waals surface area contributed by atoms with Gasteiger partial charge in [0.2, 0.25) is 5.95 Å². The maximum atomic E-state index is 13.2. The molecule has 0 aromatic carbocycles. The van der Waals surface area contributed by atoms with Crippen molar-refractivity contribution < 1.29 is 4.39 Å². The predicted octanol–water partition coefficient (Wildman–Crippen LogP) is 2.17. The minimum Gasteiger partial charge on any atom is -0.298 e. The van der Waals surface area contributed by atoms with Gasteiger partial charge in [-0.05, 0) is 43.9 Å². The molecule has 78 valence electrons. The molecule has 0 aliphatic rings. The Hall–Kier alpha value is -0.550. The van der Waals surface area contributed by atoms with Crippen molar-refractivity contribution >= 4 is 15.9 Å². The predicted molar refractivity (Wildman–Crippen MR) is 56.4 cm³/mol. The van der Waals surface area contributed by atoms with E-state index in [2.05, 4.69) is 25.9 Å². The van der Waals surface area contributed by atoms with Crippen molar-refractivity contribution in [1.29, 1.82) is 0 Å². The maximum absolute atomic E-state index is 13.2.